The van der Waals surface area contributed by atoms with Crippen molar-refractivity contribution in [3.8, 4) is 11.6 Å². The van der Waals surface area contributed by atoms with Crippen LogP contribution in [0.15, 0.2) is 34.9 Å². The number of rotatable bonds is 3. The smallest absolute Gasteiger partial charge is 0.222 e. The Morgan fingerprint density at radius 3 is 2.78 bits per heavy atom. The summed E-state index contributed by atoms with van der Waals surface area (Å²) in [5, 5.41) is 0. The van der Waals surface area contributed by atoms with Gasteiger partial charge in [-0.1, -0.05) is 0 Å². The lowest BCUT2D eigenvalue weighted by Gasteiger charge is -2.09. The summed E-state index contributed by atoms with van der Waals surface area (Å²) in [6.45, 7) is 1.88. The van der Waals surface area contributed by atoms with E-state index in [1.165, 1.54) is 12.1 Å². The Labute approximate surface area is 118 Å². The van der Waals surface area contributed by atoms with Gasteiger partial charge in [0, 0.05) is 17.6 Å². The van der Waals surface area contributed by atoms with Crippen molar-refractivity contribution < 1.29 is 9.13 Å². The third-order valence-electron chi connectivity index (χ3n) is 2.34. The Morgan fingerprint density at radius 2 is 2.17 bits per heavy atom. The van der Waals surface area contributed by atoms with Crippen LogP contribution < -0.4 is 4.74 Å². The summed E-state index contributed by atoms with van der Waals surface area (Å²) in [6, 6.07) is 6.14. The van der Waals surface area contributed by atoms with Gasteiger partial charge in [-0.2, -0.15) is 0 Å². The molecule has 0 radical (unpaired) electrons. The van der Waals surface area contributed by atoms with Gasteiger partial charge in [0.05, 0.1) is 4.47 Å². The first kappa shape index (κ1) is 13.3. The van der Waals surface area contributed by atoms with Gasteiger partial charge in [0.2, 0.25) is 5.88 Å². The zero-order valence-electron chi connectivity index (χ0n) is 9.58. The van der Waals surface area contributed by atoms with E-state index in [-0.39, 0.29) is 5.82 Å². The number of benzene rings is 1. The second-order valence-corrected chi connectivity index (χ2v) is 4.90. The molecule has 18 heavy (non-hydrogen) atoms. The third-order valence-corrected chi connectivity index (χ3v) is 3.27. The fraction of sp³-hybridized carbons (Fsp3) is 0.154. The van der Waals surface area contributed by atoms with Crippen LogP contribution in [0, 0.1) is 12.7 Å². The van der Waals surface area contributed by atoms with Crippen LogP contribution in [0.1, 0.15) is 11.1 Å². The molecule has 0 saturated carbocycles. The van der Waals surface area contributed by atoms with Gasteiger partial charge in [0.15, 0.2) is 0 Å². The molecule has 0 atom stereocenters. The number of aryl methyl sites for hydroxylation is 1. The molecule has 0 aliphatic rings. The molecule has 1 heterocycles. The van der Waals surface area contributed by atoms with Crippen molar-refractivity contribution >= 4 is 27.5 Å². The number of alkyl halides is 1. The maximum Gasteiger partial charge on any atom is 0.222 e. The first-order valence-corrected chi connectivity index (χ1v) is 6.57. The molecule has 2 nitrogen and oxygen atoms in total. The minimum absolute atomic E-state index is 0.323. The predicted molar refractivity (Wildman–Crippen MR) is 72.7 cm³/mol. The van der Waals surface area contributed by atoms with Gasteiger partial charge in [-0.15, -0.1) is 11.6 Å². The average Bonchev–Trinajstić information content (AvgIpc) is 2.34. The summed E-state index contributed by atoms with van der Waals surface area (Å²) in [7, 11) is 0. The quantitative estimate of drug-likeness (QED) is 0.753. The number of nitrogens with zero attached hydrogens (tertiary/aromatic N) is 1. The molecule has 0 amide bonds. The van der Waals surface area contributed by atoms with E-state index in [1.54, 1.807) is 12.3 Å². The largest absolute Gasteiger partial charge is 0.438 e. The second kappa shape index (κ2) is 5.67. The van der Waals surface area contributed by atoms with E-state index in [2.05, 4.69) is 20.9 Å². The van der Waals surface area contributed by atoms with Crippen molar-refractivity contribution in [1.29, 1.82) is 0 Å². The summed E-state index contributed by atoms with van der Waals surface area (Å²) in [5.41, 5.74) is 1.81. The van der Waals surface area contributed by atoms with Crippen molar-refractivity contribution in [2.75, 3.05) is 0 Å². The van der Waals surface area contributed by atoms with E-state index in [0.717, 1.165) is 11.1 Å². The summed E-state index contributed by atoms with van der Waals surface area (Å²) in [4.78, 5) is 4.19. The Morgan fingerprint density at radius 1 is 1.39 bits per heavy atom. The molecule has 0 saturated heterocycles. The molecule has 5 heteroatoms. The molecule has 0 unspecified atom stereocenters. The van der Waals surface area contributed by atoms with Crippen LogP contribution in [0.3, 0.4) is 0 Å². The fourth-order valence-corrected chi connectivity index (χ4v) is 2.04. The van der Waals surface area contributed by atoms with Gasteiger partial charge in [-0.3, -0.25) is 0 Å². The molecule has 2 rings (SSSR count). The van der Waals surface area contributed by atoms with E-state index in [9.17, 15) is 4.39 Å². The van der Waals surface area contributed by atoms with Crippen LogP contribution in [0.2, 0.25) is 0 Å². The first-order valence-electron chi connectivity index (χ1n) is 5.24. The fourth-order valence-electron chi connectivity index (χ4n) is 1.46. The van der Waals surface area contributed by atoms with Crippen LogP contribution in [0.4, 0.5) is 4.39 Å². The highest BCUT2D eigenvalue weighted by Crippen LogP contribution is 2.30. The summed E-state index contributed by atoms with van der Waals surface area (Å²) < 4.78 is 19.1. The summed E-state index contributed by atoms with van der Waals surface area (Å²) >= 11 is 8.97. The number of aromatic nitrogens is 1. The van der Waals surface area contributed by atoms with Crippen molar-refractivity contribution in [3.63, 3.8) is 0 Å². The van der Waals surface area contributed by atoms with Gasteiger partial charge >= 0.3 is 0 Å². The molecular formula is C13H10BrClFNO. The van der Waals surface area contributed by atoms with Crippen LogP contribution >= 0.6 is 27.5 Å². The van der Waals surface area contributed by atoms with E-state index in [0.29, 0.717) is 22.0 Å². The highest BCUT2D eigenvalue weighted by Gasteiger charge is 2.08. The maximum absolute atomic E-state index is 12.9. The number of ether oxygens (including phenoxy) is 1. The van der Waals surface area contributed by atoms with Crippen LogP contribution in [-0.2, 0) is 5.88 Å². The number of hydrogen-bond donors (Lipinski definition) is 0. The van der Waals surface area contributed by atoms with Crippen LogP contribution in [0.5, 0.6) is 11.6 Å². The molecule has 94 valence electrons. The minimum Gasteiger partial charge on any atom is -0.438 e. The van der Waals surface area contributed by atoms with Gasteiger partial charge < -0.3 is 4.74 Å². The first-order chi connectivity index (χ1) is 8.60. The zero-order chi connectivity index (χ0) is 13.1. The minimum atomic E-state index is -0.323. The standard InChI is InChI=1S/C13H10BrClFNO/c1-8-4-9(6-15)7-17-13(8)18-12-3-2-10(16)5-11(12)14/h2-5,7H,6H2,1H3. The van der Waals surface area contributed by atoms with E-state index < -0.39 is 0 Å². The number of halogens is 3. The zero-order valence-corrected chi connectivity index (χ0v) is 11.9. The monoisotopic (exact) mass is 329 g/mol. The molecule has 0 bridgehead atoms. The van der Waals surface area contributed by atoms with E-state index >= 15 is 0 Å². The Bertz CT molecular complexity index is 577. The van der Waals surface area contributed by atoms with Crippen molar-refractivity contribution in [2.24, 2.45) is 0 Å². The van der Waals surface area contributed by atoms with Crippen molar-refractivity contribution in [1.82, 2.24) is 4.98 Å². The Kier molecular flexibility index (Phi) is 4.19. The van der Waals surface area contributed by atoms with Crippen molar-refractivity contribution in [2.45, 2.75) is 12.8 Å². The average molecular weight is 331 g/mol. The molecule has 1 aromatic heterocycles. The van der Waals surface area contributed by atoms with Gasteiger partial charge in [0.25, 0.3) is 0 Å². The molecule has 0 fully saturated rings. The van der Waals surface area contributed by atoms with Crippen molar-refractivity contribution in [3.05, 3.63) is 51.9 Å². The highest BCUT2D eigenvalue weighted by molar-refractivity contribution is 9.10. The maximum atomic E-state index is 12.9. The molecular weight excluding hydrogens is 321 g/mol. The Hall–Kier alpha value is -1.13. The van der Waals surface area contributed by atoms with Gasteiger partial charge in [0.1, 0.15) is 11.6 Å². The van der Waals surface area contributed by atoms with Crippen LogP contribution in [0.25, 0.3) is 0 Å². The Balaban J connectivity index is 2.28. The summed E-state index contributed by atoms with van der Waals surface area (Å²) in [6.07, 6.45) is 1.66. The summed E-state index contributed by atoms with van der Waals surface area (Å²) in [5.74, 6) is 1.09. The number of hydrogen-bond acceptors (Lipinski definition) is 2. The van der Waals surface area contributed by atoms with E-state index in [4.69, 9.17) is 16.3 Å². The topological polar surface area (TPSA) is 22.1 Å². The van der Waals surface area contributed by atoms with Gasteiger partial charge in [-0.05, 0) is 52.7 Å². The molecule has 0 aliphatic heterocycles. The predicted octanol–water partition coefficient (Wildman–Crippen LogP) is 4.82. The van der Waals surface area contributed by atoms with E-state index in [1.807, 2.05) is 13.0 Å². The molecule has 0 N–H and O–H groups in total. The third kappa shape index (κ3) is 3.00. The molecule has 0 spiro atoms. The van der Waals surface area contributed by atoms with Gasteiger partial charge in [-0.25, -0.2) is 9.37 Å². The molecule has 2 aromatic rings. The lowest BCUT2D eigenvalue weighted by molar-refractivity contribution is 0.454. The SMILES string of the molecule is Cc1cc(CCl)cnc1Oc1ccc(F)cc1Br. The molecule has 1 aromatic carbocycles. The second-order valence-electron chi connectivity index (χ2n) is 3.78. The highest BCUT2D eigenvalue weighted by atomic mass is 79.9. The van der Waals surface area contributed by atoms with Crippen LogP contribution in [-0.4, -0.2) is 4.98 Å². The molecule has 0 aliphatic carbocycles. The lowest BCUT2D eigenvalue weighted by atomic mass is 10.2. The number of pyridine rings is 1. The normalized spacial score (nSPS) is 10.4. The lowest BCUT2D eigenvalue weighted by Crippen LogP contribution is -1.94.